The third-order valence-corrected chi connectivity index (χ3v) is 3.72. The van der Waals surface area contributed by atoms with Crippen LogP contribution in [0.25, 0.3) is 10.8 Å². The van der Waals surface area contributed by atoms with Crippen molar-refractivity contribution in [2.24, 2.45) is 0 Å². The van der Waals surface area contributed by atoms with Crippen LogP contribution < -0.4 is 4.90 Å². The zero-order valence-corrected chi connectivity index (χ0v) is 12.4. The molecule has 1 aromatic carbocycles. The summed E-state index contributed by atoms with van der Waals surface area (Å²) in [6, 6.07) is 8.43. The molecule has 0 saturated heterocycles. The molecule has 0 aliphatic heterocycles. The molecule has 3 rings (SSSR count). The van der Waals surface area contributed by atoms with Gasteiger partial charge in [-0.3, -0.25) is 4.79 Å². The average Bonchev–Trinajstić information content (AvgIpc) is 3.31. The van der Waals surface area contributed by atoms with E-state index in [0.717, 1.165) is 35.1 Å². The number of hydrogen-bond acceptors (Lipinski definition) is 5. The van der Waals surface area contributed by atoms with Crippen molar-refractivity contribution >= 4 is 22.6 Å². The first-order valence-corrected chi connectivity index (χ1v) is 7.35. The standard InChI is InChI=1S/C16H19N3O2/c1-3-21-15(20)10-19(12-8-9-12)16-14-7-5-4-6-13(14)11(2)17-18-16/h4-7,12H,3,8-10H2,1-2H3. The molecule has 0 N–H and O–H groups in total. The highest BCUT2D eigenvalue weighted by molar-refractivity contribution is 5.94. The van der Waals surface area contributed by atoms with Crippen molar-refractivity contribution in [1.29, 1.82) is 0 Å². The molecular weight excluding hydrogens is 266 g/mol. The molecule has 0 radical (unpaired) electrons. The number of carbonyl (C=O) groups is 1. The number of hydrogen-bond donors (Lipinski definition) is 0. The Morgan fingerprint density at radius 3 is 2.67 bits per heavy atom. The molecule has 1 fully saturated rings. The highest BCUT2D eigenvalue weighted by Crippen LogP contribution is 2.34. The summed E-state index contributed by atoms with van der Waals surface area (Å²) in [5, 5.41) is 10.7. The van der Waals surface area contributed by atoms with Gasteiger partial charge in [-0.2, -0.15) is 5.10 Å². The molecule has 5 heteroatoms. The maximum atomic E-state index is 11.8. The molecule has 1 aliphatic carbocycles. The molecule has 0 unspecified atom stereocenters. The first-order valence-electron chi connectivity index (χ1n) is 7.35. The first kappa shape index (κ1) is 13.8. The number of benzene rings is 1. The molecular formula is C16H19N3O2. The third kappa shape index (κ3) is 2.82. The Morgan fingerprint density at radius 2 is 2.00 bits per heavy atom. The summed E-state index contributed by atoms with van der Waals surface area (Å²) in [7, 11) is 0. The molecule has 0 amide bonds. The summed E-state index contributed by atoms with van der Waals surface area (Å²) in [6.45, 7) is 4.41. The van der Waals surface area contributed by atoms with Crippen LogP contribution in [0.4, 0.5) is 5.82 Å². The summed E-state index contributed by atoms with van der Waals surface area (Å²) < 4.78 is 5.08. The van der Waals surface area contributed by atoms with Crippen molar-refractivity contribution in [2.45, 2.75) is 32.7 Å². The van der Waals surface area contributed by atoms with Crippen LogP contribution in [0.3, 0.4) is 0 Å². The average molecular weight is 285 g/mol. The lowest BCUT2D eigenvalue weighted by Crippen LogP contribution is -2.34. The number of fused-ring (bicyclic) bond motifs is 1. The maximum absolute atomic E-state index is 11.8. The Morgan fingerprint density at radius 1 is 1.29 bits per heavy atom. The Labute approximate surface area is 123 Å². The van der Waals surface area contributed by atoms with Crippen molar-refractivity contribution in [1.82, 2.24) is 10.2 Å². The highest BCUT2D eigenvalue weighted by Gasteiger charge is 2.33. The van der Waals surface area contributed by atoms with Gasteiger partial charge in [-0.15, -0.1) is 5.10 Å². The van der Waals surface area contributed by atoms with E-state index in [9.17, 15) is 4.79 Å². The molecule has 0 bridgehead atoms. The molecule has 1 aromatic heterocycles. The minimum Gasteiger partial charge on any atom is -0.465 e. The molecule has 0 spiro atoms. The van der Waals surface area contributed by atoms with Gasteiger partial charge in [0, 0.05) is 16.8 Å². The summed E-state index contributed by atoms with van der Waals surface area (Å²) in [6.07, 6.45) is 2.17. The van der Waals surface area contributed by atoms with E-state index < -0.39 is 0 Å². The minimum atomic E-state index is -0.212. The first-order chi connectivity index (χ1) is 10.2. The number of rotatable bonds is 5. The number of anilines is 1. The molecule has 21 heavy (non-hydrogen) atoms. The second-order valence-electron chi connectivity index (χ2n) is 5.32. The predicted molar refractivity (Wildman–Crippen MR) is 81.3 cm³/mol. The fraction of sp³-hybridized carbons (Fsp3) is 0.438. The van der Waals surface area contributed by atoms with E-state index in [4.69, 9.17) is 4.74 Å². The monoisotopic (exact) mass is 285 g/mol. The normalized spacial score (nSPS) is 14.2. The predicted octanol–water partition coefficient (Wildman–Crippen LogP) is 2.47. The molecule has 110 valence electrons. The maximum Gasteiger partial charge on any atom is 0.325 e. The van der Waals surface area contributed by atoms with Crippen molar-refractivity contribution in [3.63, 3.8) is 0 Å². The lowest BCUT2D eigenvalue weighted by Gasteiger charge is -2.23. The summed E-state index contributed by atoms with van der Waals surface area (Å²) in [4.78, 5) is 13.9. The van der Waals surface area contributed by atoms with Crippen molar-refractivity contribution in [2.75, 3.05) is 18.1 Å². The fourth-order valence-electron chi connectivity index (χ4n) is 2.54. The quantitative estimate of drug-likeness (QED) is 0.790. The van der Waals surface area contributed by atoms with Crippen LogP contribution in [-0.4, -0.2) is 35.4 Å². The van der Waals surface area contributed by atoms with Crippen LogP contribution >= 0.6 is 0 Å². The lowest BCUT2D eigenvalue weighted by molar-refractivity contribution is -0.141. The summed E-state index contributed by atoms with van der Waals surface area (Å²) in [5.41, 5.74) is 0.904. The van der Waals surface area contributed by atoms with Crippen LogP contribution in [0.1, 0.15) is 25.5 Å². The number of esters is 1. The number of ether oxygens (including phenoxy) is 1. The highest BCUT2D eigenvalue weighted by atomic mass is 16.5. The van der Waals surface area contributed by atoms with Gasteiger partial charge in [0.25, 0.3) is 0 Å². The number of nitrogens with zero attached hydrogens (tertiary/aromatic N) is 3. The lowest BCUT2D eigenvalue weighted by atomic mass is 10.1. The van der Waals surface area contributed by atoms with E-state index in [2.05, 4.69) is 10.2 Å². The van der Waals surface area contributed by atoms with Crippen LogP contribution in [0.15, 0.2) is 24.3 Å². The Bertz CT molecular complexity index is 668. The van der Waals surface area contributed by atoms with E-state index in [-0.39, 0.29) is 12.5 Å². The van der Waals surface area contributed by atoms with Gasteiger partial charge < -0.3 is 9.64 Å². The molecule has 1 aliphatic rings. The van der Waals surface area contributed by atoms with Crippen LogP contribution in [0.2, 0.25) is 0 Å². The van der Waals surface area contributed by atoms with Crippen molar-refractivity contribution in [3.8, 4) is 0 Å². The Kier molecular flexibility index (Phi) is 3.73. The van der Waals surface area contributed by atoms with Crippen LogP contribution in [-0.2, 0) is 9.53 Å². The Balaban J connectivity index is 2.00. The SMILES string of the molecule is CCOC(=O)CN(c1nnc(C)c2ccccc12)C1CC1. The minimum absolute atomic E-state index is 0.212. The zero-order valence-electron chi connectivity index (χ0n) is 12.4. The van der Waals surface area contributed by atoms with Gasteiger partial charge in [0.15, 0.2) is 5.82 Å². The van der Waals surface area contributed by atoms with Crippen molar-refractivity contribution in [3.05, 3.63) is 30.0 Å². The van der Waals surface area contributed by atoms with E-state index in [1.54, 1.807) is 0 Å². The van der Waals surface area contributed by atoms with Gasteiger partial charge in [0.2, 0.25) is 0 Å². The number of aryl methyl sites for hydroxylation is 1. The van der Waals surface area contributed by atoms with E-state index >= 15 is 0 Å². The van der Waals surface area contributed by atoms with Gasteiger partial charge in [-0.1, -0.05) is 24.3 Å². The molecule has 2 aromatic rings. The summed E-state index contributed by atoms with van der Waals surface area (Å²) >= 11 is 0. The van der Waals surface area contributed by atoms with Crippen LogP contribution in [0, 0.1) is 6.92 Å². The van der Waals surface area contributed by atoms with E-state index in [0.29, 0.717) is 12.6 Å². The molecule has 0 atom stereocenters. The number of aromatic nitrogens is 2. The van der Waals surface area contributed by atoms with Crippen LogP contribution in [0.5, 0.6) is 0 Å². The van der Waals surface area contributed by atoms with Gasteiger partial charge in [0.1, 0.15) is 6.54 Å². The largest absolute Gasteiger partial charge is 0.465 e. The topological polar surface area (TPSA) is 55.3 Å². The third-order valence-electron chi connectivity index (χ3n) is 3.72. The smallest absolute Gasteiger partial charge is 0.325 e. The van der Waals surface area contributed by atoms with Gasteiger partial charge in [-0.05, 0) is 26.7 Å². The van der Waals surface area contributed by atoms with Gasteiger partial charge >= 0.3 is 5.97 Å². The van der Waals surface area contributed by atoms with E-state index in [1.165, 1.54) is 0 Å². The number of carbonyl (C=O) groups excluding carboxylic acids is 1. The van der Waals surface area contributed by atoms with Gasteiger partial charge in [-0.25, -0.2) is 0 Å². The fourth-order valence-corrected chi connectivity index (χ4v) is 2.54. The molecule has 5 nitrogen and oxygen atoms in total. The van der Waals surface area contributed by atoms with E-state index in [1.807, 2.05) is 43.0 Å². The zero-order chi connectivity index (χ0) is 14.8. The Hall–Kier alpha value is -2.17. The van der Waals surface area contributed by atoms with Crippen molar-refractivity contribution < 1.29 is 9.53 Å². The molecule has 1 saturated carbocycles. The second kappa shape index (κ2) is 5.68. The second-order valence-corrected chi connectivity index (χ2v) is 5.32. The van der Waals surface area contributed by atoms with Gasteiger partial charge in [0.05, 0.1) is 12.3 Å². The molecule has 1 heterocycles. The summed E-state index contributed by atoms with van der Waals surface area (Å²) in [5.74, 6) is 0.572.